The van der Waals surface area contributed by atoms with Crippen molar-refractivity contribution < 1.29 is 13.9 Å². The Balaban J connectivity index is 2.70. The smallest absolute Gasteiger partial charge is 0.320 e. The normalized spacial score (nSPS) is 10.4. The Morgan fingerprint density at radius 2 is 1.95 bits per heavy atom. The Morgan fingerprint density at radius 1 is 1.21 bits per heavy atom. The molecule has 0 bridgehead atoms. The minimum atomic E-state index is -0.635. The van der Waals surface area contributed by atoms with Crippen LogP contribution in [-0.2, 0) is 0 Å². The van der Waals surface area contributed by atoms with Crippen molar-refractivity contribution in [3.05, 3.63) is 23.8 Å². The van der Waals surface area contributed by atoms with Crippen LogP contribution in [0.5, 0.6) is 11.9 Å². The monoisotopic (exact) mass is 281 g/mol. The first-order chi connectivity index (χ1) is 9.06. The zero-order chi connectivity index (χ0) is 14.0. The number of rotatable bonds is 3. The molecule has 0 spiro atoms. The fourth-order valence-corrected chi connectivity index (χ4v) is 1.87. The zero-order valence-corrected chi connectivity index (χ0v) is 11.5. The lowest BCUT2D eigenvalue weighted by atomic mass is 10.1. The second-order valence-electron chi connectivity index (χ2n) is 3.77. The molecule has 2 aromatic rings. The fraction of sp³-hybridized carbons (Fsp3) is 0.250. The molecule has 19 heavy (non-hydrogen) atoms. The van der Waals surface area contributed by atoms with Crippen molar-refractivity contribution in [2.24, 2.45) is 0 Å². The molecule has 2 aromatic heterocycles. The summed E-state index contributed by atoms with van der Waals surface area (Å²) in [6, 6.07) is 1.70. The van der Waals surface area contributed by atoms with E-state index in [9.17, 15) is 4.39 Å². The van der Waals surface area contributed by atoms with Gasteiger partial charge in [0, 0.05) is 6.20 Å². The third kappa shape index (κ3) is 2.60. The third-order valence-electron chi connectivity index (χ3n) is 2.44. The van der Waals surface area contributed by atoms with E-state index in [2.05, 4.69) is 27.6 Å². The quantitative estimate of drug-likeness (QED) is 0.691. The first-order valence-corrected chi connectivity index (χ1v) is 5.83. The molecule has 7 heteroatoms. The molecule has 0 aliphatic rings. The maximum absolute atomic E-state index is 13.8. The number of aromatic nitrogens is 3. The lowest BCUT2D eigenvalue weighted by molar-refractivity contribution is 0.346. The fourth-order valence-electron chi connectivity index (χ4n) is 1.55. The van der Waals surface area contributed by atoms with Gasteiger partial charge < -0.3 is 9.47 Å². The molecule has 0 fully saturated rings. The molecule has 0 saturated carbocycles. The van der Waals surface area contributed by atoms with Crippen LogP contribution in [0.25, 0.3) is 11.3 Å². The molecule has 100 valence electrons. The Labute approximate surface area is 115 Å². The predicted octanol–water partition coefficient (Wildman–Crippen LogP) is 2.29. The topological polar surface area (TPSA) is 57.1 Å². The minimum absolute atomic E-state index is 0.0746. The van der Waals surface area contributed by atoms with Crippen LogP contribution in [0.3, 0.4) is 0 Å². The van der Waals surface area contributed by atoms with E-state index in [1.165, 1.54) is 20.4 Å². The van der Waals surface area contributed by atoms with E-state index < -0.39 is 5.95 Å². The highest BCUT2D eigenvalue weighted by molar-refractivity contribution is 7.80. The zero-order valence-electron chi connectivity index (χ0n) is 10.6. The Kier molecular flexibility index (Phi) is 3.84. The van der Waals surface area contributed by atoms with Gasteiger partial charge in [0.1, 0.15) is 0 Å². The summed E-state index contributed by atoms with van der Waals surface area (Å²) < 4.78 is 23.9. The average Bonchev–Trinajstić information content (AvgIpc) is 2.42. The first-order valence-electron chi connectivity index (χ1n) is 5.38. The highest BCUT2D eigenvalue weighted by Gasteiger charge is 2.18. The molecule has 0 unspecified atom stereocenters. The van der Waals surface area contributed by atoms with Crippen molar-refractivity contribution in [3.63, 3.8) is 0 Å². The maximum Gasteiger partial charge on any atom is 0.320 e. The van der Waals surface area contributed by atoms with E-state index in [1.54, 1.807) is 6.07 Å². The summed E-state index contributed by atoms with van der Waals surface area (Å²) in [6.07, 6.45) is 1.44. The molecule has 0 amide bonds. The van der Waals surface area contributed by atoms with Gasteiger partial charge in [-0.25, -0.2) is 4.98 Å². The van der Waals surface area contributed by atoms with Gasteiger partial charge in [-0.1, -0.05) is 0 Å². The summed E-state index contributed by atoms with van der Waals surface area (Å²) in [6.45, 7) is 1.81. The Hall–Kier alpha value is -1.89. The molecule has 0 atom stereocenters. The van der Waals surface area contributed by atoms with E-state index in [4.69, 9.17) is 9.47 Å². The number of halogens is 1. The molecule has 0 N–H and O–H groups in total. The van der Waals surface area contributed by atoms with E-state index in [0.29, 0.717) is 4.90 Å². The Bertz CT molecular complexity index is 622. The van der Waals surface area contributed by atoms with Gasteiger partial charge in [0.15, 0.2) is 0 Å². The molecule has 0 aliphatic heterocycles. The molecular weight excluding hydrogens is 269 g/mol. The van der Waals surface area contributed by atoms with Crippen LogP contribution in [-0.4, -0.2) is 29.2 Å². The number of pyridine rings is 1. The van der Waals surface area contributed by atoms with E-state index >= 15 is 0 Å². The second-order valence-corrected chi connectivity index (χ2v) is 4.22. The van der Waals surface area contributed by atoms with Crippen LogP contribution >= 0.6 is 12.6 Å². The van der Waals surface area contributed by atoms with Crippen molar-refractivity contribution in [1.82, 2.24) is 15.0 Å². The Morgan fingerprint density at radius 3 is 2.58 bits per heavy atom. The van der Waals surface area contributed by atoms with Gasteiger partial charge in [0.05, 0.1) is 30.4 Å². The van der Waals surface area contributed by atoms with Crippen LogP contribution in [0.1, 0.15) is 5.56 Å². The number of thiol groups is 1. The lowest BCUT2D eigenvalue weighted by Gasteiger charge is -2.10. The van der Waals surface area contributed by atoms with Crippen LogP contribution in [0.2, 0.25) is 0 Å². The molecule has 0 radical (unpaired) electrons. The van der Waals surface area contributed by atoms with Gasteiger partial charge in [0.25, 0.3) is 0 Å². The third-order valence-corrected chi connectivity index (χ3v) is 2.84. The van der Waals surface area contributed by atoms with E-state index in [1.807, 2.05) is 6.92 Å². The molecular formula is C12H12FN3O2S. The van der Waals surface area contributed by atoms with Gasteiger partial charge >= 0.3 is 6.01 Å². The van der Waals surface area contributed by atoms with Crippen LogP contribution in [0.15, 0.2) is 17.2 Å². The lowest BCUT2D eigenvalue weighted by Crippen LogP contribution is -2.01. The van der Waals surface area contributed by atoms with Crippen LogP contribution in [0.4, 0.5) is 4.39 Å². The summed E-state index contributed by atoms with van der Waals surface area (Å²) in [5, 5.41) is 0. The van der Waals surface area contributed by atoms with Gasteiger partial charge in [0.2, 0.25) is 11.8 Å². The van der Waals surface area contributed by atoms with Gasteiger partial charge in [-0.05, 0) is 18.6 Å². The molecule has 0 aromatic carbocycles. The average molecular weight is 281 g/mol. The highest BCUT2D eigenvalue weighted by atomic mass is 32.1. The summed E-state index contributed by atoms with van der Waals surface area (Å²) in [5.41, 5.74) is 1.31. The van der Waals surface area contributed by atoms with Crippen molar-refractivity contribution in [2.45, 2.75) is 11.8 Å². The number of nitrogens with zero attached hydrogens (tertiary/aromatic N) is 3. The molecule has 0 saturated heterocycles. The standard InChI is InChI=1S/C12H12FN3O2S/c1-6-4-7(10(13)14-5-6)8-9(19)11(17-2)16-12(15-8)18-3/h4-5,19H,1-3H3. The number of hydrogen-bond donors (Lipinski definition) is 1. The molecule has 2 rings (SSSR count). The summed E-state index contributed by atoms with van der Waals surface area (Å²) in [4.78, 5) is 12.1. The van der Waals surface area contributed by atoms with E-state index in [0.717, 1.165) is 5.56 Å². The molecule has 2 heterocycles. The van der Waals surface area contributed by atoms with Gasteiger partial charge in [-0.15, -0.1) is 12.6 Å². The molecule has 0 aliphatic carbocycles. The summed E-state index contributed by atoms with van der Waals surface area (Å²) >= 11 is 4.27. The highest BCUT2D eigenvalue weighted by Crippen LogP contribution is 2.33. The van der Waals surface area contributed by atoms with Crippen molar-refractivity contribution in [1.29, 1.82) is 0 Å². The number of aryl methyl sites for hydroxylation is 1. The largest absolute Gasteiger partial charge is 0.480 e. The minimum Gasteiger partial charge on any atom is -0.480 e. The summed E-state index contributed by atoms with van der Waals surface area (Å²) in [7, 11) is 2.86. The van der Waals surface area contributed by atoms with E-state index in [-0.39, 0.29) is 23.1 Å². The molecule has 5 nitrogen and oxygen atoms in total. The van der Waals surface area contributed by atoms with Crippen molar-refractivity contribution in [3.8, 4) is 23.1 Å². The first kappa shape index (κ1) is 13.5. The summed E-state index contributed by atoms with van der Waals surface area (Å²) in [5.74, 6) is -0.421. The van der Waals surface area contributed by atoms with Gasteiger partial charge in [-0.3, -0.25) is 0 Å². The second kappa shape index (κ2) is 5.40. The van der Waals surface area contributed by atoms with Crippen LogP contribution < -0.4 is 9.47 Å². The SMILES string of the molecule is COc1nc(OC)c(S)c(-c2cc(C)cnc2F)n1. The maximum atomic E-state index is 13.8. The number of ether oxygens (including phenoxy) is 2. The number of hydrogen-bond acceptors (Lipinski definition) is 6. The van der Waals surface area contributed by atoms with Gasteiger partial charge in [-0.2, -0.15) is 14.4 Å². The predicted molar refractivity (Wildman–Crippen MR) is 70.3 cm³/mol. The van der Waals surface area contributed by atoms with Crippen molar-refractivity contribution >= 4 is 12.6 Å². The van der Waals surface area contributed by atoms with Crippen LogP contribution in [0, 0.1) is 12.9 Å². The number of methoxy groups -OCH3 is 2. The van der Waals surface area contributed by atoms with Crippen molar-refractivity contribution in [2.75, 3.05) is 14.2 Å².